The molecule has 0 aliphatic rings. The van der Waals surface area contributed by atoms with Crippen LogP contribution in [-0.2, 0) is 0 Å². The van der Waals surface area contributed by atoms with Gasteiger partial charge in [0.25, 0.3) is 0 Å². The lowest BCUT2D eigenvalue weighted by molar-refractivity contribution is 1.53. The Kier molecular flexibility index (Phi) is 2.73. The highest BCUT2D eigenvalue weighted by Crippen LogP contribution is 2.18. The van der Waals surface area contributed by atoms with Crippen LogP contribution in [0.5, 0.6) is 0 Å². The molecule has 2 nitrogen and oxygen atoms in total. The zero-order valence-corrected chi connectivity index (χ0v) is 7.05. The SMILES string of the molecule is N#C/C=C/c1cc(Cl)ccc1N. The van der Waals surface area contributed by atoms with Crippen LogP contribution in [0.1, 0.15) is 5.56 Å². The fourth-order valence-corrected chi connectivity index (χ4v) is 0.998. The van der Waals surface area contributed by atoms with E-state index < -0.39 is 0 Å². The van der Waals surface area contributed by atoms with Gasteiger partial charge in [0.2, 0.25) is 0 Å². The molecule has 0 unspecified atom stereocenters. The van der Waals surface area contributed by atoms with Crippen LogP contribution in [0.15, 0.2) is 24.3 Å². The molecule has 0 aromatic heterocycles. The van der Waals surface area contributed by atoms with Crippen molar-refractivity contribution in [1.29, 1.82) is 5.26 Å². The van der Waals surface area contributed by atoms with E-state index in [2.05, 4.69) is 0 Å². The highest BCUT2D eigenvalue weighted by Gasteiger charge is 1.94. The number of hydrogen-bond donors (Lipinski definition) is 1. The van der Waals surface area contributed by atoms with Crippen LogP contribution in [0.2, 0.25) is 5.02 Å². The van der Waals surface area contributed by atoms with Gasteiger partial charge in [0.1, 0.15) is 0 Å². The summed E-state index contributed by atoms with van der Waals surface area (Å²) in [7, 11) is 0. The molecule has 0 amide bonds. The Labute approximate surface area is 75.9 Å². The summed E-state index contributed by atoms with van der Waals surface area (Å²) in [4.78, 5) is 0. The number of nitriles is 1. The summed E-state index contributed by atoms with van der Waals surface area (Å²) < 4.78 is 0. The van der Waals surface area contributed by atoms with Crippen molar-refractivity contribution in [2.24, 2.45) is 0 Å². The number of halogens is 1. The zero-order chi connectivity index (χ0) is 8.97. The normalized spacial score (nSPS) is 10.0. The number of benzene rings is 1. The van der Waals surface area contributed by atoms with Crippen molar-refractivity contribution in [2.45, 2.75) is 0 Å². The van der Waals surface area contributed by atoms with Crippen molar-refractivity contribution in [2.75, 3.05) is 5.73 Å². The first-order chi connectivity index (χ1) is 5.74. The van der Waals surface area contributed by atoms with E-state index in [1.807, 2.05) is 6.07 Å². The third-order valence-corrected chi connectivity index (χ3v) is 1.62. The lowest BCUT2D eigenvalue weighted by Crippen LogP contribution is -1.87. The second kappa shape index (κ2) is 3.80. The van der Waals surface area contributed by atoms with Gasteiger partial charge in [-0.2, -0.15) is 5.26 Å². The van der Waals surface area contributed by atoms with E-state index in [0.29, 0.717) is 10.7 Å². The van der Waals surface area contributed by atoms with Crippen molar-refractivity contribution in [3.8, 4) is 6.07 Å². The van der Waals surface area contributed by atoms with Gasteiger partial charge in [-0.3, -0.25) is 0 Å². The van der Waals surface area contributed by atoms with Gasteiger partial charge in [-0.05, 0) is 29.8 Å². The molecule has 0 atom stereocenters. The highest BCUT2D eigenvalue weighted by molar-refractivity contribution is 6.30. The number of nitrogen functional groups attached to an aromatic ring is 1. The molecule has 2 N–H and O–H groups in total. The van der Waals surface area contributed by atoms with Crippen LogP contribution in [0.25, 0.3) is 6.08 Å². The molecule has 1 aromatic rings. The summed E-state index contributed by atoms with van der Waals surface area (Å²) in [6.45, 7) is 0. The summed E-state index contributed by atoms with van der Waals surface area (Å²) in [6, 6.07) is 7.01. The van der Waals surface area contributed by atoms with Crippen molar-refractivity contribution >= 4 is 23.4 Å². The Hall–Kier alpha value is -1.46. The lowest BCUT2D eigenvalue weighted by Gasteiger charge is -1.98. The molecule has 0 saturated carbocycles. The van der Waals surface area contributed by atoms with Gasteiger partial charge in [-0.1, -0.05) is 11.6 Å². The van der Waals surface area contributed by atoms with Crippen LogP contribution in [0, 0.1) is 11.3 Å². The van der Waals surface area contributed by atoms with E-state index in [4.69, 9.17) is 22.6 Å². The van der Waals surface area contributed by atoms with E-state index >= 15 is 0 Å². The monoisotopic (exact) mass is 178 g/mol. The molecule has 0 radical (unpaired) electrons. The molecule has 0 saturated heterocycles. The van der Waals surface area contributed by atoms with Crippen LogP contribution < -0.4 is 5.73 Å². The third-order valence-electron chi connectivity index (χ3n) is 1.39. The first-order valence-electron chi connectivity index (χ1n) is 3.35. The second-order valence-electron chi connectivity index (χ2n) is 2.24. The van der Waals surface area contributed by atoms with Crippen molar-refractivity contribution in [1.82, 2.24) is 0 Å². The average Bonchev–Trinajstić information content (AvgIpc) is 2.07. The molecule has 0 aliphatic carbocycles. The van der Waals surface area contributed by atoms with Crippen molar-refractivity contribution < 1.29 is 0 Å². The summed E-state index contributed by atoms with van der Waals surface area (Å²) in [6.07, 6.45) is 2.99. The van der Waals surface area contributed by atoms with Gasteiger partial charge >= 0.3 is 0 Å². The smallest absolute Gasteiger partial charge is 0.0912 e. The fraction of sp³-hybridized carbons (Fsp3) is 0. The number of nitrogens with two attached hydrogens (primary N) is 1. The minimum atomic E-state index is 0.613. The maximum absolute atomic E-state index is 8.28. The molecule has 3 heteroatoms. The molecule has 0 aliphatic heterocycles. The molecule has 0 heterocycles. The topological polar surface area (TPSA) is 49.8 Å². The van der Waals surface area contributed by atoms with Gasteiger partial charge in [0.15, 0.2) is 0 Å². The summed E-state index contributed by atoms with van der Waals surface area (Å²) in [5.41, 5.74) is 7.00. The number of rotatable bonds is 1. The number of allylic oxidation sites excluding steroid dienone is 1. The molecule has 1 aromatic carbocycles. The second-order valence-corrected chi connectivity index (χ2v) is 2.67. The standard InChI is InChI=1S/C9H7ClN2/c10-8-3-4-9(12)7(6-8)2-1-5-11/h1-4,6H,12H2/b2-1+. The van der Waals surface area contributed by atoms with E-state index in [9.17, 15) is 0 Å². The molecule has 1 rings (SSSR count). The molecular formula is C9H7ClN2. The average molecular weight is 179 g/mol. The third kappa shape index (κ3) is 2.01. The Morgan fingerprint density at radius 1 is 1.50 bits per heavy atom. The minimum Gasteiger partial charge on any atom is -0.398 e. The van der Waals surface area contributed by atoms with Gasteiger partial charge < -0.3 is 5.73 Å². The van der Waals surface area contributed by atoms with Crippen molar-refractivity contribution in [3.63, 3.8) is 0 Å². The molecule has 0 spiro atoms. The Morgan fingerprint density at radius 3 is 2.92 bits per heavy atom. The van der Waals surface area contributed by atoms with Crippen LogP contribution >= 0.6 is 11.6 Å². The Bertz CT molecular complexity index is 350. The highest BCUT2D eigenvalue weighted by atomic mass is 35.5. The number of hydrogen-bond acceptors (Lipinski definition) is 2. The predicted octanol–water partition coefficient (Wildman–Crippen LogP) is 2.46. The Morgan fingerprint density at radius 2 is 2.25 bits per heavy atom. The van der Waals surface area contributed by atoms with Crippen LogP contribution in [0.4, 0.5) is 5.69 Å². The van der Waals surface area contributed by atoms with E-state index in [1.54, 1.807) is 24.3 Å². The maximum atomic E-state index is 8.28. The Balaban J connectivity index is 3.07. The van der Waals surface area contributed by atoms with Gasteiger partial charge in [-0.25, -0.2) is 0 Å². The predicted molar refractivity (Wildman–Crippen MR) is 50.5 cm³/mol. The molecule has 12 heavy (non-hydrogen) atoms. The van der Waals surface area contributed by atoms with Crippen LogP contribution in [-0.4, -0.2) is 0 Å². The minimum absolute atomic E-state index is 0.613. The summed E-state index contributed by atoms with van der Waals surface area (Å²) >= 11 is 5.72. The van der Waals surface area contributed by atoms with E-state index in [0.717, 1.165) is 5.56 Å². The van der Waals surface area contributed by atoms with Gasteiger partial charge in [0.05, 0.1) is 6.07 Å². The lowest BCUT2D eigenvalue weighted by atomic mass is 10.2. The van der Waals surface area contributed by atoms with E-state index in [1.165, 1.54) is 6.08 Å². The summed E-state index contributed by atoms with van der Waals surface area (Å²) in [5, 5.41) is 8.89. The van der Waals surface area contributed by atoms with Gasteiger partial charge in [-0.15, -0.1) is 0 Å². The molecule has 0 fully saturated rings. The summed E-state index contributed by atoms with van der Waals surface area (Å²) in [5.74, 6) is 0. The number of nitrogens with zero attached hydrogens (tertiary/aromatic N) is 1. The van der Waals surface area contributed by atoms with Crippen LogP contribution in [0.3, 0.4) is 0 Å². The maximum Gasteiger partial charge on any atom is 0.0912 e. The number of anilines is 1. The molecule has 0 bridgehead atoms. The first-order valence-corrected chi connectivity index (χ1v) is 3.73. The van der Waals surface area contributed by atoms with E-state index in [-0.39, 0.29) is 0 Å². The van der Waals surface area contributed by atoms with Crippen molar-refractivity contribution in [3.05, 3.63) is 34.9 Å². The molecule has 60 valence electrons. The molecular weight excluding hydrogens is 172 g/mol. The zero-order valence-electron chi connectivity index (χ0n) is 6.29. The van der Waals surface area contributed by atoms with Gasteiger partial charge in [0, 0.05) is 16.8 Å². The fourth-order valence-electron chi connectivity index (χ4n) is 0.817. The largest absolute Gasteiger partial charge is 0.398 e. The quantitative estimate of drug-likeness (QED) is 0.531. The first kappa shape index (κ1) is 8.63.